The largest absolute Gasteiger partial charge is 0.343 e. The van der Waals surface area contributed by atoms with E-state index in [2.05, 4.69) is 21.9 Å². The summed E-state index contributed by atoms with van der Waals surface area (Å²) in [6.45, 7) is 2.72. The van der Waals surface area contributed by atoms with Crippen LogP contribution in [0.2, 0.25) is 0 Å². The summed E-state index contributed by atoms with van der Waals surface area (Å²) >= 11 is 0. The molecule has 3 aliphatic rings. The molecule has 3 heterocycles. The van der Waals surface area contributed by atoms with Gasteiger partial charge in [0, 0.05) is 26.7 Å². The average Bonchev–Trinajstić information content (AvgIpc) is 3.45. The summed E-state index contributed by atoms with van der Waals surface area (Å²) < 4.78 is 0. The lowest BCUT2D eigenvalue weighted by Crippen LogP contribution is -2.65. The molecule has 5 rings (SSSR count). The number of benzene rings is 2. The smallest absolute Gasteiger partial charge is 0.328 e. The first-order valence-corrected chi connectivity index (χ1v) is 10.9. The molecule has 160 valence electrons. The van der Waals surface area contributed by atoms with E-state index in [1.54, 1.807) is 11.9 Å². The number of carbonyl (C=O) groups is 2. The van der Waals surface area contributed by atoms with Crippen molar-refractivity contribution < 1.29 is 9.59 Å². The molecule has 2 aromatic carbocycles. The van der Waals surface area contributed by atoms with Crippen LogP contribution in [0.25, 0.3) is 0 Å². The highest BCUT2D eigenvalue weighted by Crippen LogP contribution is 2.32. The van der Waals surface area contributed by atoms with Gasteiger partial charge in [-0.25, -0.2) is 9.79 Å². The van der Waals surface area contributed by atoms with Crippen LogP contribution in [-0.2, 0) is 17.9 Å². The van der Waals surface area contributed by atoms with Crippen LogP contribution >= 0.6 is 0 Å². The van der Waals surface area contributed by atoms with Gasteiger partial charge < -0.3 is 14.7 Å². The van der Waals surface area contributed by atoms with E-state index < -0.39 is 12.2 Å². The number of hydrogen-bond acceptors (Lipinski definition) is 5. The number of rotatable bonds is 4. The number of carbonyl (C=O) groups excluding carboxylic acids is 2. The van der Waals surface area contributed by atoms with Gasteiger partial charge >= 0.3 is 6.03 Å². The maximum Gasteiger partial charge on any atom is 0.328 e. The highest BCUT2D eigenvalue weighted by Gasteiger charge is 2.53. The minimum atomic E-state index is -0.512. The number of nitrogens with zero attached hydrogens (tertiary/aromatic N) is 5. The van der Waals surface area contributed by atoms with Crippen LogP contribution in [0.1, 0.15) is 24.0 Å². The molecular formula is C24H27N5O2. The van der Waals surface area contributed by atoms with Gasteiger partial charge in [-0.3, -0.25) is 9.69 Å². The first-order chi connectivity index (χ1) is 15.1. The molecular weight excluding hydrogens is 390 g/mol. The molecule has 2 aromatic rings. The molecule has 31 heavy (non-hydrogen) atoms. The second-order valence-electron chi connectivity index (χ2n) is 8.40. The van der Waals surface area contributed by atoms with Crippen molar-refractivity contribution in [2.45, 2.75) is 38.1 Å². The van der Waals surface area contributed by atoms with Gasteiger partial charge in [0.05, 0.1) is 6.54 Å². The third-order valence-electron chi connectivity index (χ3n) is 6.34. The quantitative estimate of drug-likeness (QED) is 0.768. The zero-order chi connectivity index (χ0) is 21.4. The lowest BCUT2D eigenvalue weighted by molar-refractivity contribution is -0.138. The molecule has 3 aliphatic heterocycles. The summed E-state index contributed by atoms with van der Waals surface area (Å²) in [7, 11) is 1.75. The summed E-state index contributed by atoms with van der Waals surface area (Å²) in [5.41, 5.74) is 2.06. The zero-order valence-electron chi connectivity index (χ0n) is 17.7. The van der Waals surface area contributed by atoms with Crippen LogP contribution < -0.4 is 0 Å². The highest BCUT2D eigenvalue weighted by atomic mass is 16.2. The standard InChI is InChI=1S/C24H27N5O2/c1-26-21-20(22(30)29(24(26)31)17-19-12-6-3-7-13-19)28(16-18-10-4-2-5-11-18)23(25-21)27-14-8-9-15-27/h2-7,10-13,20-21H,8-9,14-17H2,1H3. The van der Waals surface area contributed by atoms with Gasteiger partial charge in [-0.1, -0.05) is 60.7 Å². The summed E-state index contributed by atoms with van der Waals surface area (Å²) in [4.78, 5) is 39.1. The summed E-state index contributed by atoms with van der Waals surface area (Å²) in [6, 6.07) is 19.0. The first-order valence-electron chi connectivity index (χ1n) is 10.9. The van der Waals surface area contributed by atoms with Crippen LogP contribution in [0.3, 0.4) is 0 Å². The molecule has 0 aromatic heterocycles. The van der Waals surface area contributed by atoms with Gasteiger partial charge in [-0.05, 0) is 24.0 Å². The Morgan fingerprint density at radius 3 is 2.06 bits per heavy atom. The van der Waals surface area contributed by atoms with Crippen LogP contribution in [0.4, 0.5) is 4.79 Å². The fourth-order valence-electron chi connectivity index (χ4n) is 4.71. The SMILES string of the molecule is CN1C(=O)N(Cc2ccccc2)C(=O)C2C1N=C(N1CCCC1)N2Cc1ccccc1. The summed E-state index contributed by atoms with van der Waals surface area (Å²) in [5, 5.41) is 0. The molecule has 2 unspecified atom stereocenters. The number of likely N-dealkylation sites (tertiary alicyclic amines) is 1. The van der Waals surface area contributed by atoms with E-state index in [1.165, 1.54) is 4.90 Å². The fraction of sp³-hybridized carbons (Fsp3) is 0.375. The number of amides is 3. The maximum atomic E-state index is 13.7. The number of urea groups is 1. The predicted octanol–water partition coefficient (Wildman–Crippen LogP) is 2.74. The van der Waals surface area contributed by atoms with Crippen molar-refractivity contribution in [1.82, 2.24) is 19.6 Å². The second-order valence-corrected chi connectivity index (χ2v) is 8.40. The van der Waals surface area contributed by atoms with Crippen LogP contribution in [0.5, 0.6) is 0 Å². The van der Waals surface area contributed by atoms with E-state index in [9.17, 15) is 9.59 Å². The zero-order valence-corrected chi connectivity index (χ0v) is 17.7. The van der Waals surface area contributed by atoms with Gasteiger partial charge in [0.2, 0.25) is 0 Å². The molecule has 0 N–H and O–H groups in total. The van der Waals surface area contributed by atoms with Gasteiger partial charge in [0.25, 0.3) is 5.91 Å². The Labute approximate surface area is 182 Å². The Kier molecular flexibility index (Phi) is 5.10. The van der Waals surface area contributed by atoms with E-state index in [0.717, 1.165) is 43.0 Å². The number of likely N-dealkylation sites (N-methyl/N-ethyl adjacent to an activating group) is 1. The van der Waals surface area contributed by atoms with E-state index in [1.807, 2.05) is 48.5 Å². The monoisotopic (exact) mass is 417 g/mol. The van der Waals surface area contributed by atoms with Crippen molar-refractivity contribution in [3.05, 3.63) is 71.8 Å². The average molecular weight is 418 g/mol. The minimum absolute atomic E-state index is 0.175. The molecule has 3 amide bonds. The molecule has 2 saturated heterocycles. The number of hydrogen-bond donors (Lipinski definition) is 0. The number of imide groups is 1. The van der Waals surface area contributed by atoms with E-state index in [4.69, 9.17) is 4.99 Å². The lowest BCUT2D eigenvalue weighted by Gasteiger charge is -2.41. The Hall–Kier alpha value is -3.35. The van der Waals surface area contributed by atoms with Crippen molar-refractivity contribution in [2.75, 3.05) is 20.1 Å². The molecule has 0 spiro atoms. The third-order valence-corrected chi connectivity index (χ3v) is 6.34. The Bertz CT molecular complexity index is 988. The van der Waals surface area contributed by atoms with Crippen LogP contribution in [0, 0.1) is 0 Å². The predicted molar refractivity (Wildman–Crippen MR) is 118 cm³/mol. The molecule has 2 atom stereocenters. The van der Waals surface area contributed by atoms with Gasteiger partial charge in [0.1, 0.15) is 0 Å². The van der Waals surface area contributed by atoms with Crippen molar-refractivity contribution >= 4 is 17.9 Å². The van der Waals surface area contributed by atoms with Crippen molar-refractivity contribution in [1.29, 1.82) is 0 Å². The number of aliphatic imine (C=N–C) groups is 1. The Balaban J connectivity index is 1.48. The molecule has 0 bridgehead atoms. The number of fused-ring (bicyclic) bond motifs is 1. The van der Waals surface area contributed by atoms with E-state index in [-0.39, 0.29) is 18.5 Å². The van der Waals surface area contributed by atoms with Gasteiger partial charge in [0.15, 0.2) is 18.2 Å². The third kappa shape index (κ3) is 3.54. The summed E-state index contributed by atoms with van der Waals surface area (Å²) in [6.07, 6.45) is 1.75. The fourth-order valence-corrected chi connectivity index (χ4v) is 4.71. The minimum Gasteiger partial charge on any atom is -0.343 e. The van der Waals surface area contributed by atoms with E-state index >= 15 is 0 Å². The first kappa shape index (κ1) is 19.6. The van der Waals surface area contributed by atoms with Gasteiger partial charge in [-0.15, -0.1) is 0 Å². The van der Waals surface area contributed by atoms with E-state index in [0.29, 0.717) is 6.54 Å². The van der Waals surface area contributed by atoms with Crippen molar-refractivity contribution in [2.24, 2.45) is 4.99 Å². The van der Waals surface area contributed by atoms with Crippen LogP contribution in [-0.4, -0.2) is 69.8 Å². The van der Waals surface area contributed by atoms with Gasteiger partial charge in [-0.2, -0.15) is 0 Å². The second kappa shape index (κ2) is 8.06. The van der Waals surface area contributed by atoms with Crippen molar-refractivity contribution in [3.8, 4) is 0 Å². The molecule has 0 saturated carbocycles. The molecule has 7 nitrogen and oxygen atoms in total. The topological polar surface area (TPSA) is 59.5 Å². The Morgan fingerprint density at radius 1 is 0.871 bits per heavy atom. The highest BCUT2D eigenvalue weighted by molar-refractivity contribution is 6.03. The molecule has 0 radical (unpaired) electrons. The maximum absolute atomic E-state index is 13.7. The van der Waals surface area contributed by atoms with Crippen molar-refractivity contribution in [3.63, 3.8) is 0 Å². The van der Waals surface area contributed by atoms with Crippen LogP contribution in [0.15, 0.2) is 65.7 Å². The summed E-state index contributed by atoms with van der Waals surface area (Å²) in [5.74, 6) is 0.664. The lowest BCUT2D eigenvalue weighted by atomic mass is 10.1. The normalized spacial score (nSPS) is 23.5. The number of guanidine groups is 1. The molecule has 7 heteroatoms. The molecule has 2 fully saturated rings. The Morgan fingerprint density at radius 2 is 1.45 bits per heavy atom. The molecule has 0 aliphatic carbocycles.